The Balaban J connectivity index is 2.20. The highest BCUT2D eigenvalue weighted by atomic mass is 79.9. The van der Waals surface area contributed by atoms with E-state index in [2.05, 4.69) is 30.9 Å². The maximum Gasteiger partial charge on any atom is 0.256 e. The van der Waals surface area contributed by atoms with E-state index in [4.69, 9.17) is 0 Å². The molecule has 106 valence electrons. The van der Waals surface area contributed by atoms with Gasteiger partial charge in [-0.15, -0.1) is 0 Å². The van der Waals surface area contributed by atoms with E-state index in [1.54, 1.807) is 7.05 Å². The van der Waals surface area contributed by atoms with Gasteiger partial charge in [-0.3, -0.25) is 4.79 Å². The third kappa shape index (κ3) is 3.02. The Morgan fingerprint density at radius 1 is 1.40 bits per heavy atom. The first kappa shape index (κ1) is 15.0. The lowest BCUT2D eigenvalue weighted by molar-refractivity contribution is 0.0940. The lowest BCUT2D eigenvalue weighted by Gasteiger charge is -2.16. The van der Waals surface area contributed by atoms with Crippen molar-refractivity contribution in [3.8, 4) is 0 Å². The fourth-order valence-corrected chi connectivity index (χ4v) is 3.35. The van der Waals surface area contributed by atoms with Crippen molar-refractivity contribution in [2.45, 2.75) is 19.9 Å². The van der Waals surface area contributed by atoms with Gasteiger partial charge in [0.05, 0.1) is 17.3 Å². The highest BCUT2D eigenvalue weighted by Crippen LogP contribution is 2.26. The number of carbonyl (C=O) groups excluding carboxylic acids is 1. The fraction of sp³-hybridized carbons (Fsp3) is 0.286. The minimum atomic E-state index is -0.108. The number of benzene rings is 1. The van der Waals surface area contributed by atoms with E-state index < -0.39 is 0 Å². The molecule has 1 amide bonds. The summed E-state index contributed by atoms with van der Waals surface area (Å²) in [5.41, 5.74) is 2.42. The molecule has 0 fully saturated rings. The van der Waals surface area contributed by atoms with Crippen LogP contribution in [-0.4, -0.2) is 17.3 Å². The van der Waals surface area contributed by atoms with Crippen LogP contribution in [0.5, 0.6) is 0 Å². The fourth-order valence-electron chi connectivity index (χ4n) is 1.98. The Labute approximate surface area is 130 Å². The van der Waals surface area contributed by atoms with E-state index in [9.17, 15) is 4.79 Å². The van der Waals surface area contributed by atoms with E-state index in [1.165, 1.54) is 11.5 Å². The van der Waals surface area contributed by atoms with Gasteiger partial charge in [-0.1, -0.05) is 34.1 Å². The molecule has 2 aromatic rings. The topological polar surface area (TPSA) is 54.0 Å². The first-order valence-corrected chi connectivity index (χ1v) is 7.80. The van der Waals surface area contributed by atoms with Gasteiger partial charge < -0.3 is 10.6 Å². The number of amides is 1. The molecule has 4 nitrogen and oxygen atoms in total. The van der Waals surface area contributed by atoms with Crippen LogP contribution in [0, 0.1) is 6.92 Å². The van der Waals surface area contributed by atoms with Crippen LogP contribution >= 0.6 is 27.5 Å². The third-order valence-electron chi connectivity index (χ3n) is 3.04. The molecular weight excluding hydrogens is 338 g/mol. The molecule has 0 radical (unpaired) electrons. The molecule has 2 rings (SSSR count). The average molecular weight is 354 g/mol. The lowest BCUT2D eigenvalue weighted by atomic mass is 10.1. The Kier molecular flexibility index (Phi) is 4.77. The van der Waals surface area contributed by atoms with Gasteiger partial charge in [-0.2, -0.15) is 4.37 Å². The number of aromatic nitrogens is 1. The number of halogens is 1. The van der Waals surface area contributed by atoms with E-state index in [0.29, 0.717) is 5.56 Å². The molecule has 0 aliphatic rings. The molecule has 0 spiro atoms. The number of hydrogen-bond donors (Lipinski definition) is 2. The molecule has 20 heavy (non-hydrogen) atoms. The smallest absolute Gasteiger partial charge is 0.256 e. The largest absolute Gasteiger partial charge is 0.378 e. The zero-order valence-electron chi connectivity index (χ0n) is 11.5. The summed E-state index contributed by atoms with van der Waals surface area (Å²) >= 11 is 4.80. The SMILES string of the molecule is CNc1snc(C)c1C(=O)NC(C)c1ccccc1Br. The van der Waals surface area contributed by atoms with Crippen molar-refractivity contribution in [3.63, 3.8) is 0 Å². The van der Waals surface area contributed by atoms with Crippen molar-refractivity contribution in [1.29, 1.82) is 0 Å². The van der Waals surface area contributed by atoms with Crippen molar-refractivity contribution >= 4 is 38.4 Å². The summed E-state index contributed by atoms with van der Waals surface area (Å²) in [7, 11) is 1.79. The second-order valence-electron chi connectivity index (χ2n) is 4.44. The van der Waals surface area contributed by atoms with Crippen LogP contribution in [0.25, 0.3) is 0 Å². The molecule has 1 heterocycles. The molecule has 0 saturated carbocycles. The summed E-state index contributed by atoms with van der Waals surface area (Å²) in [6.07, 6.45) is 0. The quantitative estimate of drug-likeness (QED) is 0.879. The summed E-state index contributed by atoms with van der Waals surface area (Å²) in [4.78, 5) is 12.4. The zero-order valence-corrected chi connectivity index (χ0v) is 13.9. The summed E-state index contributed by atoms with van der Waals surface area (Å²) in [5, 5.41) is 6.81. The first-order chi connectivity index (χ1) is 9.54. The Bertz CT molecular complexity index is 627. The van der Waals surface area contributed by atoms with E-state index in [-0.39, 0.29) is 11.9 Å². The first-order valence-electron chi connectivity index (χ1n) is 6.24. The number of anilines is 1. The molecule has 1 aromatic carbocycles. The Morgan fingerprint density at radius 3 is 2.75 bits per heavy atom. The minimum absolute atomic E-state index is 0.0814. The van der Waals surface area contributed by atoms with Gasteiger partial charge in [-0.25, -0.2) is 0 Å². The Hall–Kier alpha value is -1.40. The van der Waals surface area contributed by atoms with Gasteiger partial charge in [0, 0.05) is 11.5 Å². The Morgan fingerprint density at radius 2 is 2.10 bits per heavy atom. The number of aryl methyl sites for hydroxylation is 1. The number of nitrogens with one attached hydrogen (secondary N) is 2. The van der Waals surface area contributed by atoms with Crippen LogP contribution in [0.2, 0.25) is 0 Å². The molecule has 0 aliphatic carbocycles. The minimum Gasteiger partial charge on any atom is -0.378 e. The molecule has 0 saturated heterocycles. The van der Waals surface area contributed by atoms with E-state index >= 15 is 0 Å². The summed E-state index contributed by atoms with van der Waals surface area (Å²) in [6, 6.07) is 7.79. The van der Waals surface area contributed by atoms with Crippen molar-refractivity contribution in [1.82, 2.24) is 9.69 Å². The van der Waals surface area contributed by atoms with E-state index in [1.807, 2.05) is 38.1 Å². The van der Waals surface area contributed by atoms with Crippen molar-refractivity contribution < 1.29 is 4.79 Å². The monoisotopic (exact) mass is 353 g/mol. The van der Waals surface area contributed by atoms with Crippen LogP contribution in [-0.2, 0) is 0 Å². The van der Waals surface area contributed by atoms with E-state index in [0.717, 1.165) is 20.7 Å². The third-order valence-corrected chi connectivity index (χ3v) is 4.71. The van der Waals surface area contributed by atoms with Gasteiger partial charge >= 0.3 is 0 Å². The molecular formula is C14H16BrN3OS. The maximum atomic E-state index is 12.4. The molecule has 0 aliphatic heterocycles. The highest BCUT2D eigenvalue weighted by Gasteiger charge is 2.20. The summed E-state index contributed by atoms with van der Waals surface area (Å²) < 4.78 is 5.20. The summed E-state index contributed by atoms with van der Waals surface area (Å²) in [5.74, 6) is -0.108. The second-order valence-corrected chi connectivity index (χ2v) is 6.07. The molecule has 1 atom stereocenters. The molecule has 0 bridgehead atoms. The normalized spacial score (nSPS) is 12.0. The van der Waals surface area contributed by atoms with Crippen molar-refractivity contribution in [2.24, 2.45) is 0 Å². The predicted octanol–water partition coefficient (Wildman–Crippen LogP) is 3.75. The summed E-state index contributed by atoms with van der Waals surface area (Å²) in [6.45, 7) is 3.81. The van der Waals surface area contributed by atoms with Crippen LogP contribution in [0.4, 0.5) is 5.00 Å². The number of hydrogen-bond acceptors (Lipinski definition) is 4. The zero-order chi connectivity index (χ0) is 14.7. The second kappa shape index (κ2) is 6.37. The van der Waals surface area contributed by atoms with Crippen molar-refractivity contribution in [3.05, 3.63) is 45.6 Å². The lowest BCUT2D eigenvalue weighted by Crippen LogP contribution is -2.27. The molecule has 2 N–H and O–H groups in total. The number of carbonyl (C=O) groups is 1. The highest BCUT2D eigenvalue weighted by molar-refractivity contribution is 9.10. The molecule has 1 unspecified atom stereocenters. The van der Waals surface area contributed by atoms with Gasteiger partial charge in [-0.05, 0) is 37.0 Å². The maximum absolute atomic E-state index is 12.4. The van der Waals surface area contributed by atoms with Crippen LogP contribution in [0.15, 0.2) is 28.7 Å². The van der Waals surface area contributed by atoms with Gasteiger partial charge in [0.2, 0.25) is 0 Å². The van der Waals surface area contributed by atoms with Gasteiger partial charge in [0.25, 0.3) is 5.91 Å². The van der Waals surface area contributed by atoms with Gasteiger partial charge in [0.15, 0.2) is 0 Å². The predicted molar refractivity (Wildman–Crippen MR) is 86.4 cm³/mol. The van der Waals surface area contributed by atoms with Crippen LogP contribution < -0.4 is 10.6 Å². The standard InChI is InChI=1S/C14H16BrN3OS/c1-8(10-6-4-5-7-11(10)15)17-13(19)12-9(2)18-20-14(12)16-3/h4-8,16H,1-3H3,(H,17,19). The van der Waals surface area contributed by atoms with Crippen LogP contribution in [0.3, 0.4) is 0 Å². The molecule has 1 aromatic heterocycles. The molecule has 6 heteroatoms. The number of rotatable bonds is 4. The van der Waals surface area contributed by atoms with Crippen molar-refractivity contribution in [2.75, 3.05) is 12.4 Å². The average Bonchev–Trinajstić information content (AvgIpc) is 2.80. The van der Waals surface area contributed by atoms with Gasteiger partial charge in [0.1, 0.15) is 5.00 Å². The van der Waals surface area contributed by atoms with Crippen LogP contribution in [0.1, 0.15) is 34.6 Å². The number of nitrogens with zero attached hydrogens (tertiary/aromatic N) is 1.